The SMILES string of the molecule is CC(C)=C1[C@H]2CC[C@H]1[C@H](C(=O)NCc1ccccn1)[C@H]2C(=O)O. The van der Waals surface area contributed by atoms with Gasteiger partial charge in [0.05, 0.1) is 24.1 Å². The van der Waals surface area contributed by atoms with Crippen molar-refractivity contribution >= 4 is 11.9 Å². The molecular weight excluding hydrogens is 292 g/mol. The van der Waals surface area contributed by atoms with Gasteiger partial charge in [0.1, 0.15) is 0 Å². The fraction of sp³-hybridized carbons (Fsp3) is 0.500. The van der Waals surface area contributed by atoms with E-state index in [0.29, 0.717) is 6.54 Å². The van der Waals surface area contributed by atoms with Gasteiger partial charge in [-0.15, -0.1) is 0 Å². The molecule has 2 N–H and O–H groups in total. The average molecular weight is 314 g/mol. The summed E-state index contributed by atoms with van der Waals surface area (Å²) in [5.74, 6) is -1.96. The number of aliphatic carboxylic acids is 1. The molecule has 2 aliphatic carbocycles. The Morgan fingerprint density at radius 1 is 1.22 bits per heavy atom. The predicted octanol–water partition coefficient (Wildman–Crippen LogP) is 2.39. The zero-order valence-corrected chi connectivity index (χ0v) is 13.5. The Balaban J connectivity index is 1.79. The van der Waals surface area contributed by atoms with Crippen LogP contribution in [0, 0.1) is 23.7 Å². The number of amides is 1. The molecule has 2 aliphatic rings. The maximum Gasteiger partial charge on any atom is 0.307 e. The van der Waals surface area contributed by atoms with E-state index in [2.05, 4.69) is 10.3 Å². The van der Waals surface area contributed by atoms with Crippen molar-refractivity contribution in [1.82, 2.24) is 10.3 Å². The van der Waals surface area contributed by atoms with Crippen LogP contribution in [0.3, 0.4) is 0 Å². The number of carbonyl (C=O) groups excluding carboxylic acids is 1. The lowest BCUT2D eigenvalue weighted by molar-refractivity contribution is -0.149. The number of nitrogens with one attached hydrogen (secondary N) is 1. The average Bonchev–Trinajstić information content (AvgIpc) is 3.09. The molecule has 0 saturated heterocycles. The lowest BCUT2D eigenvalue weighted by Crippen LogP contribution is -2.41. The molecule has 5 nitrogen and oxygen atoms in total. The monoisotopic (exact) mass is 314 g/mol. The van der Waals surface area contributed by atoms with E-state index in [0.717, 1.165) is 18.5 Å². The summed E-state index contributed by atoms with van der Waals surface area (Å²) in [6.07, 6.45) is 3.48. The Bertz CT molecular complexity index is 649. The van der Waals surface area contributed by atoms with Gasteiger partial charge in [-0.25, -0.2) is 0 Å². The number of hydrogen-bond donors (Lipinski definition) is 2. The topological polar surface area (TPSA) is 79.3 Å². The molecule has 0 spiro atoms. The summed E-state index contributed by atoms with van der Waals surface area (Å²) >= 11 is 0. The highest BCUT2D eigenvalue weighted by molar-refractivity contribution is 5.87. The molecule has 23 heavy (non-hydrogen) atoms. The van der Waals surface area contributed by atoms with Crippen LogP contribution >= 0.6 is 0 Å². The third kappa shape index (κ3) is 2.76. The van der Waals surface area contributed by atoms with Gasteiger partial charge in [0, 0.05) is 6.20 Å². The van der Waals surface area contributed by atoms with Crippen molar-refractivity contribution in [3.05, 3.63) is 41.2 Å². The predicted molar refractivity (Wildman–Crippen MR) is 85.3 cm³/mol. The van der Waals surface area contributed by atoms with Crippen molar-refractivity contribution in [3.63, 3.8) is 0 Å². The molecule has 1 heterocycles. The Morgan fingerprint density at radius 3 is 2.48 bits per heavy atom. The Labute approximate surface area is 135 Å². The minimum atomic E-state index is -0.853. The third-order valence-corrected chi connectivity index (χ3v) is 5.18. The standard InChI is InChI=1S/C18H22N2O3/c1-10(2)14-12-6-7-13(14)16(18(22)23)15(12)17(21)20-9-11-5-3-4-8-19-11/h3-5,8,12-13,15-16H,6-7,9H2,1-2H3,(H,20,21)(H,22,23)/t12-,13-,15+,16+/m1/s1. The minimum Gasteiger partial charge on any atom is -0.481 e. The third-order valence-electron chi connectivity index (χ3n) is 5.18. The van der Waals surface area contributed by atoms with Crippen LogP contribution in [0.4, 0.5) is 0 Å². The lowest BCUT2D eigenvalue weighted by Gasteiger charge is -2.26. The van der Waals surface area contributed by atoms with Gasteiger partial charge in [0.15, 0.2) is 0 Å². The van der Waals surface area contributed by atoms with Crippen LogP contribution in [0.1, 0.15) is 32.4 Å². The first-order chi connectivity index (χ1) is 11.0. The van der Waals surface area contributed by atoms with Gasteiger partial charge >= 0.3 is 5.97 Å². The van der Waals surface area contributed by atoms with Gasteiger partial charge in [-0.1, -0.05) is 17.2 Å². The first-order valence-electron chi connectivity index (χ1n) is 8.08. The van der Waals surface area contributed by atoms with E-state index in [-0.39, 0.29) is 17.7 Å². The Kier molecular flexibility index (Phi) is 4.20. The summed E-state index contributed by atoms with van der Waals surface area (Å²) in [5.41, 5.74) is 3.15. The minimum absolute atomic E-state index is 0.0214. The zero-order chi connectivity index (χ0) is 16.6. The number of carboxylic acid groups (broad SMARTS) is 1. The molecule has 4 atom stereocenters. The molecule has 2 fully saturated rings. The van der Waals surface area contributed by atoms with Crippen molar-refractivity contribution in [3.8, 4) is 0 Å². The second-order valence-corrected chi connectivity index (χ2v) is 6.67. The van der Waals surface area contributed by atoms with Gasteiger partial charge < -0.3 is 10.4 Å². The molecule has 2 bridgehead atoms. The van der Waals surface area contributed by atoms with Gasteiger partial charge in [-0.2, -0.15) is 0 Å². The van der Waals surface area contributed by atoms with Crippen molar-refractivity contribution < 1.29 is 14.7 Å². The van der Waals surface area contributed by atoms with E-state index in [9.17, 15) is 14.7 Å². The Hall–Kier alpha value is -2.17. The summed E-state index contributed by atoms with van der Waals surface area (Å²) in [7, 11) is 0. The quantitative estimate of drug-likeness (QED) is 0.836. The number of carboxylic acids is 1. The number of aromatic nitrogens is 1. The molecule has 0 radical (unpaired) electrons. The van der Waals surface area contributed by atoms with Gasteiger partial charge in [-0.3, -0.25) is 14.6 Å². The summed E-state index contributed by atoms with van der Waals surface area (Å²) in [5, 5.41) is 12.5. The van der Waals surface area contributed by atoms with E-state index in [1.165, 1.54) is 11.1 Å². The largest absolute Gasteiger partial charge is 0.481 e. The molecule has 1 aromatic rings. The van der Waals surface area contributed by atoms with Crippen LogP contribution in [-0.4, -0.2) is 22.0 Å². The van der Waals surface area contributed by atoms with Crippen LogP contribution < -0.4 is 5.32 Å². The highest BCUT2D eigenvalue weighted by atomic mass is 16.4. The second-order valence-electron chi connectivity index (χ2n) is 6.67. The number of fused-ring (bicyclic) bond motifs is 2. The van der Waals surface area contributed by atoms with Crippen molar-refractivity contribution in [2.45, 2.75) is 33.2 Å². The summed E-state index contributed by atoms with van der Waals surface area (Å²) in [6.45, 7) is 4.38. The lowest BCUT2D eigenvalue weighted by atomic mass is 9.78. The number of carbonyl (C=O) groups is 2. The van der Waals surface area contributed by atoms with E-state index < -0.39 is 17.8 Å². The highest BCUT2D eigenvalue weighted by Crippen LogP contribution is 2.57. The van der Waals surface area contributed by atoms with Gasteiger partial charge in [-0.05, 0) is 50.7 Å². The van der Waals surface area contributed by atoms with Crippen LogP contribution in [0.25, 0.3) is 0 Å². The maximum absolute atomic E-state index is 12.7. The zero-order valence-electron chi connectivity index (χ0n) is 13.5. The Morgan fingerprint density at radius 2 is 1.91 bits per heavy atom. The molecule has 1 amide bonds. The normalized spacial score (nSPS) is 28.7. The van der Waals surface area contributed by atoms with Crippen molar-refractivity contribution in [2.24, 2.45) is 23.7 Å². The van der Waals surface area contributed by atoms with E-state index in [1.807, 2.05) is 32.0 Å². The van der Waals surface area contributed by atoms with Gasteiger partial charge in [0.25, 0.3) is 0 Å². The fourth-order valence-electron chi connectivity index (χ4n) is 4.40. The summed E-state index contributed by atoms with van der Waals surface area (Å²) < 4.78 is 0. The van der Waals surface area contributed by atoms with Crippen LogP contribution in [-0.2, 0) is 16.1 Å². The molecule has 5 heteroatoms. The molecular formula is C18H22N2O3. The number of allylic oxidation sites excluding steroid dienone is 2. The second kappa shape index (κ2) is 6.14. The van der Waals surface area contributed by atoms with Crippen LogP contribution in [0.15, 0.2) is 35.5 Å². The summed E-state index contributed by atoms with van der Waals surface area (Å²) in [6, 6.07) is 5.54. The molecule has 1 aromatic heterocycles. The molecule has 0 aliphatic heterocycles. The number of hydrogen-bond acceptors (Lipinski definition) is 3. The van der Waals surface area contributed by atoms with Crippen molar-refractivity contribution in [1.29, 1.82) is 0 Å². The van der Waals surface area contributed by atoms with Crippen LogP contribution in [0.2, 0.25) is 0 Å². The molecule has 3 rings (SSSR count). The van der Waals surface area contributed by atoms with E-state index in [4.69, 9.17) is 0 Å². The van der Waals surface area contributed by atoms with E-state index in [1.54, 1.807) is 6.20 Å². The maximum atomic E-state index is 12.7. The molecule has 0 aromatic carbocycles. The van der Waals surface area contributed by atoms with Gasteiger partial charge in [0.2, 0.25) is 5.91 Å². The number of rotatable bonds is 4. The highest BCUT2D eigenvalue weighted by Gasteiger charge is 2.57. The fourth-order valence-corrected chi connectivity index (χ4v) is 4.40. The van der Waals surface area contributed by atoms with E-state index >= 15 is 0 Å². The summed E-state index contributed by atoms with van der Waals surface area (Å²) in [4.78, 5) is 28.6. The number of pyridine rings is 1. The molecule has 122 valence electrons. The van der Waals surface area contributed by atoms with Crippen LogP contribution in [0.5, 0.6) is 0 Å². The molecule has 2 saturated carbocycles. The molecule has 0 unspecified atom stereocenters. The smallest absolute Gasteiger partial charge is 0.307 e. The number of nitrogens with zero attached hydrogens (tertiary/aromatic N) is 1. The van der Waals surface area contributed by atoms with Crippen molar-refractivity contribution in [2.75, 3.05) is 0 Å². The first kappa shape index (κ1) is 15.7. The first-order valence-corrected chi connectivity index (χ1v) is 8.08.